The van der Waals surface area contributed by atoms with Gasteiger partial charge < -0.3 is 5.11 Å². The fourth-order valence-electron chi connectivity index (χ4n) is 2.50. The van der Waals surface area contributed by atoms with Gasteiger partial charge in [0.15, 0.2) is 0 Å². The topological polar surface area (TPSA) is 37.3 Å². The molecule has 3 heteroatoms. The molecule has 0 bridgehead atoms. The Hall–Kier alpha value is -1.02. The average Bonchev–Trinajstić information content (AvgIpc) is 3.06. The molecule has 2 rings (SSSR count). The van der Waals surface area contributed by atoms with Crippen LogP contribution in [-0.2, 0) is 10.2 Å². The van der Waals surface area contributed by atoms with Crippen LogP contribution in [0.2, 0.25) is 5.02 Å². The molecule has 1 saturated carbocycles. The fraction of sp³-hybridized carbons (Fsp3) is 0.462. The van der Waals surface area contributed by atoms with E-state index < -0.39 is 11.4 Å². The van der Waals surface area contributed by atoms with Crippen LogP contribution in [-0.4, -0.2) is 11.1 Å². The van der Waals surface area contributed by atoms with Crippen molar-refractivity contribution in [2.24, 2.45) is 5.92 Å². The molecule has 0 saturated heterocycles. The van der Waals surface area contributed by atoms with Crippen molar-refractivity contribution in [3.8, 4) is 0 Å². The van der Waals surface area contributed by atoms with Gasteiger partial charge in [0, 0.05) is 5.02 Å². The van der Waals surface area contributed by atoms with Gasteiger partial charge in [-0.3, -0.25) is 4.79 Å². The molecule has 1 N–H and O–H groups in total. The molecule has 0 aromatic heterocycles. The lowest BCUT2D eigenvalue weighted by Crippen LogP contribution is -2.37. The fourth-order valence-corrected chi connectivity index (χ4v) is 2.63. The van der Waals surface area contributed by atoms with Crippen LogP contribution in [0.3, 0.4) is 0 Å². The minimum Gasteiger partial charge on any atom is -0.481 e. The summed E-state index contributed by atoms with van der Waals surface area (Å²) in [7, 11) is 0. The van der Waals surface area contributed by atoms with E-state index in [1.807, 2.05) is 19.1 Å². The van der Waals surface area contributed by atoms with Crippen molar-refractivity contribution in [1.29, 1.82) is 0 Å². The van der Waals surface area contributed by atoms with Gasteiger partial charge >= 0.3 is 5.97 Å². The van der Waals surface area contributed by atoms with E-state index in [0.29, 0.717) is 11.4 Å². The first-order chi connectivity index (χ1) is 7.61. The van der Waals surface area contributed by atoms with E-state index in [-0.39, 0.29) is 5.92 Å². The maximum absolute atomic E-state index is 11.6. The lowest BCUT2D eigenvalue weighted by atomic mass is 9.74. The van der Waals surface area contributed by atoms with Crippen molar-refractivity contribution in [2.75, 3.05) is 0 Å². The van der Waals surface area contributed by atoms with Crippen LogP contribution in [0.25, 0.3) is 0 Å². The van der Waals surface area contributed by atoms with Gasteiger partial charge in [0.2, 0.25) is 0 Å². The average molecular weight is 239 g/mol. The molecule has 1 aliphatic rings. The van der Waals surface area contributed by atoms with E-state index in [4.69, 9.17) is 11.6 Å². The second-order valence-corrected chi connectivity index (χ2v) is 4.85. The summed E-state index contributed by atoms with van der Waals surface area (Å²) in [5.41, 5.74) is 0.180. The Kier molecular flexibility index (Phi) is 2.94. The number of halogens is 1. The highest BCUT2D eigenvalue weighted by molar-refractivity contribution is 6.30. The highest BCUT2D eigenvalue weighted by Crippen LogP contribution is 2.49. The second-order valence-electron chi connectivity index (χ2n) is 4.41. The van der Waals surface area contributed by atoms with Crippen molar-refractivity contribution in [2.45, 2.75) is 31.6 Å². The summed E-state index contributed by atoms with van der Waals surface area (Å²) in [6.07, 6.45) is 2.67. The van der Waals surface area contributed by atoms with Crippen molar-refractivity contribution in [1.82, 2.24) is 0 Å². The van der Waals surface area contributed by atoms with Gasteiger partial charge in [-0.15, -0.1) is 0 Å². The molecule has 1 fully saturated rings. The molecule has 2 nitrogen and oxygen atoms in total. The molecular weight excluding hydrogens is 224 g/mol. The van der Waals surface area contributed by atoms with Gasteiger partial charge in [0.05, 0.1) is 5.41 Å². The number of carbonyl (C=O) groups is 1. The van der Waals surface area contributed by atoms with E-state index in [1.54, 1.807) is 12.1 Å². The van der Waals surface area contributed by atoms with Gasteiger partial charge in [-0.1, -0.05) is 30.7 Å². The van der Waals surface area contributed by atoms with Crippen LogP contribution < -0.4 is 0 Å². The quantitative estimate of drug-likeness (QED) is 0.872. The third-order valence-electron chi connectivity index (χ3n) is 3.57. The number of carboxylic acid groups (broad SMARTS) is 1. The third kappa shape index (κ3) is 1.71. The zero-order chi connectivity index (χ0) is 11.8. The molecule has 1 aromatic carbocycles. The Morgan fingerprint density at radius 2 is 2.00 bits per heavy atom. The van der Waals surface area contributed by atoms with Gasteiger partial charge in [-0.25, -0.2) is 0 Å². The molecule has 1 aliphatic carbocycles. The summed E-state index contributed by atoms with van der Waals surface area (Å²) in [5.74, 6) is -0.420. The summed E-state index contributed by atoms with van der Waals surface area (Å²) in [4.78, 5) is 11.6. The van der Waals surface area contributed by atoms with Crippen molar-refractivity contribution >= 4 is 17.6 Å². The number of hydrogen-bond acceptors (Lipinski definition) is 1. The van der Waals surface area contributed by atoms with Crippen molar-refractivity contribution in [3.63, 3.8) is 0 Å². The molecule has 1 atom stereocenters. The molecule has 0 amide bonds. The molecule has 0 heterocycles. The molecule has 0 unspecified atom stereocenters. The predicted molar refractivity (Wildman–Crippen MR) is 63.8 cm³/mol. The van der Waals surface area contributed by atoms with E-state index in [0.717, 1.165) is 18.4 Å². The van der Waals surface area contributed by atoms with Gasteiger partial charge in [0.25, 0.3) is 0 Å². The normalized spacial score (nSPS) is 19.1. The number of hydrogen-bond donors (Lipinski definition) is 1. The molecule has 1 aromatic rings. The van der Waals surface area contributed by atoms with Gasteiger partial charge in [0.1, 0.15) is 0 Å². The Morgan fingerprint density at radius 1 is 1.44 bits per heavy atom. The monoisotopic (exact) mass is 238 g/mol. The van der Waals surface area contributed by atoms with E-state index >= 15 is 0 Å². The summed E-state index contributed by atoms with van der Waals surface area (Å²) in [6, 6.07) is 7.23. The Labute approximate surface area is 100 Å². The maximum atomic E-state index is 11.6. The SMILES string of the molecule is CC[C@](C(=O)O)(c1ccc(Cl)cc1)C1CC1. The smallest absolute Gasteiger partial charge is 0.314 e. The van der Waals surface area contributed by atoms with Crippen LogP contribution in [0.5, 0.6) is 0 Å². The molecule has 0 spiro atoms. The number of carboxylic acids is 1. The zero-order valence-corrected chi connectivity index (χ0v) is 10.00. The van der Waals surface area contributed by atoms with Crippen molar-refractivity contribution < 1.29 is 9.90 Å². The van der Waals surface area contributed by atoms with E-state index in [2.05, 4.69) is 0 Å². The summed E-state index contributed by atoms with van der Waals surface area (Å²) in [5, 5.41) is 10.2. The number of aliphatic carboxylic acids is 1. The Morgan fingerprint density at radius 3 is 2.38 bits per heavy atom. The van der Waals surface area contributed by atoms with Crippen LogP contribution in [0.4, 0.5) is 0 Å². The molecular formula is C13H15ClO2. The Bertz CT molecular complexity index is 395. The Balaban J connectivity index is 2.45. The summed E-state index contributed by atoms with van der Waals surface area (Å²) >= 11 is 5.83. The first kappa shape index (κ1) is 11.5. The minimum absolute atomic E-state index is 0.288. The standard InChI is InChI=1S/C13H15ClO2/c1-2-13(12(15)16,9-3-4-9)10-5-7-11(14)8-6-10/h5-9H,2-4H2,1H3,(H,15,16)/t13-/m1/s1. The second kappa shape index (κ2) is 4.10. The largest absolute Gasteiger partial charge is 0.481 e. The predicted octanol–water partition coefficient (Wildman–Crippen LogP) is 3.48. The van der Waals surface area contributed by atoms with Gasteiger partial charge in [-0.05, 0) is 42.9 Å². The number of benzene rings is 1. The molecule has 0 aliphatic heterocycles. The van der Waals surface area contributed by atoms with Crippen LogP contribution in [0.15, 0.2) is 24.3 Å². The maximum Gasteiger partial charge on any atom is 0.314 e. The zero-order valence-electron chi connectivity index (χ0n) is 9.24. The molecule has 0 radical (unpaired) electrons. The van der Waals surface area contributed by atoms with Crippen LogP contribution in [0, 0.1) is 5.92 Å². The number of rotatable bonds is 4. The minimum atomic E-state index is -0.708. The third-order valence-corrected chi connectivity index (χ3v) is 3.82. The highest BCUT2D eigenvalue weighted by Gasteiger charge is 2.50. The molecule has 86 valence electrons. The van der Waals surface area contributed by atoms with E-state index in [1.165, 1.54) is 0 Å². The first-order valence-electron chi connectivity index (χ1n) is 5.60. The lowest BCUT2D eigenvalue weighted by Gasteiger charge is -2.28. The van der Waals surface area contributed by atoms with Gasteiger partial charge in [-0.2, -0.15) is 0 Å². The summed E-state index contributed by atoms with van der Waals surface area (Å²) < 4.78 is 0. The van der Waals surface area contributed by atoms with Crippen LogP contribution in [0.1, 0.15) is 31.7 Å². The summed E-state index contributed by atoms with van der Waals surface area (Å²) in [6.45, 7) is 1.95. The lowest BCUT2D eigenvalue weighted by molar-refractivity contribution is -0.145. The van der Waals surface area contributed by atoms with Crippen molar-refractivity contribution in [3.05, 3.63) is 34.9 Å². The van der Waals surface area contributed by atoms with E-state index in [9.17, 15) is 9.90 Å². The van der Waals surface area contributed by atoms with Crippen LogP contribution >= 0.6 is 11.6 Å². The highest BCUT2D eigenvalue weighted by atomic mass is 35.5. The first-order valence-corrected chi connectivity index (χ1v) is 5.98. The molecule has 16 heavy (non-hydrogen) atoms.